The lowest BCUT2D eigenvalue weighted by Crippen LogP contribution is -2.46. The molecule has 0 bridgehead atoms. The zero-order valence-corrected chi connectivity index (χ0v) is 11.0. The lowest BCUT2D eigenvalue weighted by molar-refractivity contribution is 0.137. The Labute approximate surface area is 109 Å². The third-order valence-electron chi connectivity index (χ3n) is 2.73. The third-order valence-corrected chi connectivity index (χ3v) is 3.26. The number of benzene rings is 1. The van der Waals surface area contributed by atoms with Crippen molar-refractivity contribution in [3.8, 4) is 5.75 Å². The predicted molar refractivity (Wildman–Crippen MR) is 68.9 cm³/mol. The number of hydrogen-bond acceptors (Lipinski definition) is 3. The van der Waals surface area contributed by atoms with Gasteiger partial charge in [-0.2, -0.15) is 0 Å². The Balaban J connectivity index is 1.94. The fourth-order valence-electron chi connectivity index (χ4n) is 1.84. The predicted octanol–water partition coefficient (Wildman–Crippen LogP) is 2.37. The molecular formula is C12H15BrN2O2. The summed E-state index contributed by atoms with van der Waals surface area (Å²) in [5.41, 5.74) is 5.82. The summed E-state index contributed by atoms with van der Waals surface area (Å²) in [6.45, 7) is 1.30. The largest absolute Gasteiger partial charge is 0.415 e. The molecule has 17 heavy (non-hydrogen) atoms. The molecule has 1 saturated heterocycles. The third kappa shape index (κ3) is 3.44. The second-order valence-electron chi connectivity index (χ2n) is 4.17. The van der Waals surface area contributed by atoms with Crippen LogP contribution >= 0.6 is 15.9 Å². The zero-order chi connectivity index (χ0) is 12.3. The van der Waals surface area contributed by atoms with E-state index in [9.17, 15) is 4.79 Å². The second-order valence-corrected chi connectivity index (χ2v) is 5.09. The Morgan fingerprint density at radius 3 is 2.76 bits per heavy atom. The number of carbonyl (C=O) groups excluding carboxylic acids is 1. The van der Waals surface area contributed by atoms with Crippen molar-refractivity contribution in [2.45, 2.75) is 18.9 Å². The van der Waals surface area contributed by atoms with E-state index in [1.54, 1.807) is 17.0 Å². The average molecular weight is 299 g/mol. The Kier molecular flexibility index (Phi) is 4.02. The fourth-order valence-corrected chi connectivity index (χ4v) is 2.11. The molecule has 0 radical (unpaired) electrons. The highest BCUT2D eigenvalue weighted by Gasteiger charge is 2.22. The van der Waals surface area contributed by atoms with Crippen molar-refractivity contribution in [1.82, 2.24) is 4.90 Å². The molecular weight excluding hydrogens is 284 g/mol. The minimum Gasteiger partial charge on any atom is -0.410 e. The van der Waals surface area contributed by atoms with E-state index in [-0.39, 0.29) is 12.1 Å². The summed E-state index contributed by atoms with van der Waals surface area (Å²) >= 11 is 3.33. The highest BCUT2D eigenvalue weighted by atomic mass is 79.9. The van der Waals surface area contributed by atoms with Gasteiger partial charge in [-0.1, -0.05) is 15.9 Å². The summed E-state index contributed by atoms with van der Waals surface area (Å²) in [7, 11) is 0. The molecule has 0 aromatic heterocycles. The molecule has 2 rings (SSSR count). The van der Waals surface area contributed by atoms with E-state index in [0.717, 1.165) is 23.9 Å². The van der Waals surface area contributed by atoms with Crippen LogP contribution in [-0.4, -0.2) is 30.1 Å². The number of rotatable bonds is 1. The van der Waals surface area contributed by atoms with Crippen molar-refractivity contribution >= 4 is 22.0 Å². The first kappa shape index (κ1) is 12.4. The summed E-state index contributed by atoms with van der Waals surface area (Å²) in [5.74, 6) is 0.553. The van der Waals surface area contributed by atoms with Gasteiger partial charge >= 0.3 is 6.09 Å². The Morgan fingerprint density at radius 2 is 2.12 bits per heavy atom. The highest BCUT2D eigenvalue weighted by Crippen LogP contribution is 2.18. The number of nitrogens with two attached hydrogens (primary N) is 1. The number of halogens is 1. The maximum absolute atomic E-state index is 11.8. The van der Waals surface area contributed by atoms with Crippen LogP contribution in [0.3, 0.4) is 0 Å². The highest BCUT2D eigenvalue weighted by molar-refractivity contribution is 9.10. The molecule has 1 aromatic rings. The van der Waals surface area contributed by atoms with E-state index >= 15 is 0 Å². The summed E-state index contributed by atoms with van der Waals surface area (Å²) in [4.78, 5) is 13.5. The topological polar surface area (TPSA) is 55.6 Å². The van der Waals surface area contributed by atoms with E-state index in [2.05, 4.69) is 15.9 Å². The number of carbonyl (C=O) groups is 1. The van der Waals surface area contributed by atoms with E-state index < -0.39 is 0 Å². The molecule has 1 aliphatic rings. The quantitative estimate of drug-likeness (QED) is 0.866. The molecule has 1 aliphatic heterocycles. The zero-order valence-electron chi connectivity index (χ0n) is 9.43. The number of nitrogens with zero attached hydrogens (tertiary/aromatic N) is 1. The number of likely N-dealkylation sites (tertiary alicyclic amines) is 1. The maximum Gasteiger partial charge on any atom is 0.415 e. The van der Waals surface area contributed by atoms with Gasteiger partial charge in [-0.3, -0.25) is 0 Å². The molecule has 5 heteroatoms. The number of ether oxygens (including phenoxy) is 1. The van der Waals surface area contributed by atoms with Gasteiger partial charge in [0.15, 0.2) is 0 Å². The van der Waals surface area contributed by atoms with Crippen molar-refractivity contribution in [1.29, 1.82) is 0 Å². The molecule has 1 unspecified atom stereocenters. The number of piperidine rings is 1. The van der Waals surface area contributed by atoms with Crippen molar-refractivity contribution in [2.75, 3.05) is 13.1 Å². The Bertz CT molecular complexity index is 394. The van der Waals surface area contributed by atoms with Gasteiger partial charge in [0.2, 0.25) is 0 Å². The first-order valence-corrected chi connectivity index (χ1v) is 6.42. The van der Waals surface area contributed by atoms with Crippen molar-refractivity contribution in [3.63, 3.8) is 0 Å². The van der Waals surface area contributed by atoms with Gasteiger partial charge in [0, 0.05) is 23.6 Å². The average Bonchev–Trinajstić information content (AvgIpc) is 2.32. The Morgan fingerprint density at radius 1 is 1.41 bits per heavy atom. The van der Waals surface area contributed by atoms with Crippen LogP contribution in [-0.2, 0) is 0 Å². The molecule has 1 amide bonds. The van der Waals surface area contributed by atoms with E-state index in [1.807, 2.05) is 12.1 Å². The van der Waals surface area contributed by atoms with E-state index in [1.165, 1.54) is 0 Å². The first-order valence-electron chi connectivity index (χ1n) is 5.63. The van der Waals surface area contributed by atoms with E-state index in [0.29, 0.717) is 12.3 Å². The number of amides is 1. The molecule has 1 fully saturated rings. The summed E-state index contributed by atoms with van der Waals surface area (Å²) in [6.07, 6.45) is 1.60. The second kappa shape index (κ2) is 5.51. The molecule has 1 heterocycles. The minimum atomic E-state index is -0.317. The summed E-state index contributed by atoms with van der Waals surface area (Å²) in [5, 5.41) is 0. The van der Waals surface area contributed by atoms with Crippen LogP contribution < -0.4 is 10.5 Å². The molecule has 2 N–H and O–H groups in total. The van der Waals surface area contributed by atoms with Gasteiger partial charge in [0.25, 0.3) is 0 Å². The van der Waals surface area contributed by atoms with Gasteiger partial charge in [0.1, 0.15) is 5.75 Å². The van der Waals surface area contributed by atoms with E-state index in [4.69, 9.17) is 10.5 Å². The van der Waals surface area contributed by atoms with Crippen molar-refractivity contribution in [2.24, 2.45) is 5.73 Å². The van der Waals surface area contributed by atoms with Gasteiger partial charge in [-0.15, -0.1) is 0 Å². The number of hydrogen-bond donors (Lipinski definition) is 1. The van der Waals surface area contributed by atoms with Gasteiger partial charge in [-0.25, -0.2) is 4.79 Å². The van der Waals surface area contributed by atoms with Crippen LogP contribution in [0.15, 0.2) is 28.7 Å². The minimum absolute atomic E-state index is 0.0706. The monoisotopic (exact) mass is 298 g/mol. The SMILES string of the molecule is NC1CCCN(C(=O)Oc2ccc(Br)cc2)C1. The van der Waals surface area contributed by atoms with Crippen LogP contribution in [0.4, 0.5) is 4.79 Å². The van der Waals surface area contributed by atoms with Crippen molar-refractivity contribution < 1.29 is 9.53 Å². The first-order chi connectivity index (χ1) is 8.15. The molecule has 4 nitrogen and oxygen atoms in total. The fraction of sp³-hybridized carbons (Fsp3) is 0.417. The van der Waals surface area contributed by atoms with Gasteiger partial charge in [0.05, 0.1) is 0 Å². The van der Waals surface area contributed by atoms with Gasteiger partial charge in [-0.05, 0) is 37.1 Å². The van der Waals surface area contributed by atoms with Crippen LogP contribution in [0.25, 0.3) is 0 Å². The standard InChI is InChI=1S/C12H15BrN2O2/c13-9-3-5-11(6-4-9)17-12(16)15-7-1-2-10(14)8-15/h3-6,10H,1-2,7-8,14H2. The van der Waals surface area contributed by atoms with Crippen LogP contribution in [0.1, 0.15) is 12.8 Å². The van der Waals surface area contributed by atoms with Crippen LogP contribution in [0.2, 0.25) is 0 Å². The lowest BCUT2D eigenvalue weighted by atomic mass is 10.1. The van der Waals surface area contributed by atoms with Crippen molar-refractivity contribution in [3.05, 3.63) is 28.7 Å². The molecule has 1 aromatic carbocycles. The normalized spacial score (nSPS) is 20.1. The molecule has 0 saturated carbocycles. The van der Waals surface area contributed by atoms with Crippen LogP contribution in [0.5, 0.6) is 5.75 Å². The maximum atomic E-state index is 11.8. The van der Waals surface area contributed by atoms with Crippen LogP contribution in [0, 0.1) is 0 Å². The molecule has 92 valence electrons. The molecule has 0 spiro atoms. The molecule has 1 atom stereocenters. The summed E-state index contributed by atoms with van der Waals surface area (Å²) < 4.78 is 6.22. The smallest absolute Gasteiger partial charge is 0.410 e. The Hall–Kier alpha value is -1.07. The summed E-state index contributed by atoms with van der Waals surface area (Å²) in [6, 6.07) is 7.26. The lowest BCUT2D eigenvalue weighted by Gasteiger charge is -2.29. The molecule has 0 aliphatic carbocycles. The van der Waals surface area contributed by atoms with Gasteiger partial charge < -0.3 is 15.4 Å².